The van der Waals surface area contributed by atoms with Crippen molar-refractivity contribution >= 4 is 27.6 Å². The van der Waals surface area contributed by atoms with E-state index in [4.69, 9.17) is 0 Å². The maximum atomic E-state index is 4.51. The minimum Gasteiger partial charge on any atom is -0.356 e. The lowest BCUT2D eigenvalue weighted by Gasteiger charge is -2.30. The highest BCUT2D eigenvalue weighted by atomic mass is 79.9. The average molecular weight is 359 g/mol. The van der Waals surface area contributed by atoms with Crippen molar-refractivity contribution in [1.82, 2.24) is 9.97 Å². The highest BCUT2D eigenvalue weighted by Crippen LogP contribution is 2.29. The molecule has 1 aromatic carbocycles. The first-order valence-corrected chi connectivity index (χ1v) is 8.69. The Labute approximate surface area is 139 Å². The number of fused-ring (bicyclic) bond motifs is 1. The van der Waals surface area contributed by atoms with Gasteiger partial charge in [-0.25, -0.2) is 9.97 Å². The van der Waals surface area contributed by atoms with Gasteiger partial charge >= 0.3 is 0 Å². The van der Waals surface area contributed by atoms with Crippen molar-refractivity contribution in [2.24, 2.45) is 0 Å². The molecule has 4 nitrogen and oxygen atoms in total. The molecule has 0 radical (unpaired) electrons. The maximum Gasteiger partial charge on any atom is 0.134 e. The van der Waals surface area contributed by atoms with Crippen LogP contribution in [0.4, 0.5) is 11.6 Å². The highest BCUT2D eigenvalue weighted by molar-refractivity contribution is 9.10. The molecule has 0 N–H and O–H groups in total. The van der Waals surface area contributed by atoms with Gasteiger partial charge in [-0.1, -0.05) is 28.1 Å². The third-order valence-corrected chi connectivity index (χ3v) is 5.34. The van der Waals surface area contributed by atoms with Crippen LogP contribution in [0.25, 0.3) is 0 Å². The largest absolute Gasteiger partial charge is 0.356 e. The van der Waals surface area contributed by atoms with E-state index in [0.717, 1.165) is 44.2 Å². The predicted octanol–water partition coefficient (Wildman–Crippen LogP) is 3.40. The Bertz CT molecular complexity index is 682. The van der Waals surface area contributed by atoms with Crippen LogP contribution in [0.5, 0.6) is 0 Å². The van der Waals surface area contributed by atoms with E-state index < -0.39 is 0 Å². The second-order valence-electron chi connectivity index (χ2n) is 5.98. The standard InChI is InChI=1S/C17H19BrN4/c18-15-5-3-4-13-11-22(9-6-14(13)15)17-10-16(19-12-20-17)21-7-1-2-8-21/h3-5,10,12H,1-2,6-9,11H2. The molecular weight excluding hydrogens is 340 g/mol. The van der Waals surface area contributed by atoms with Gasteiger partial charge in [-0.05, 0) is 36.5 Å². The summed E-state index contributed by atoms with van der Waals surface area (Å²) in [5.41, 5.74) is 2.83. The lowest BCUT2D eigenvalue weighted by Crippen LogP contribution is -2.31. The number of aromatic nitrogens is 2. The number of nitrogens with zero attached hydrogens (tertiary/aromatic N) is 4. The molecule has 2 aliphatic heterocycles. The van der Waals surface area contributed by atoms with Crippen LogP contribution in [0.3, 0.4) is 0 Å². The summed E-state index contributed by atoms with van der Waals surface area (Å²) in [7, 11) is 0. The first-order valence-electron chi connectivity index (χ1n) is 7.89. The second kappa shape index (κ2) is 5.88. The Kier molecular flexibility index (Phi) is 3.74. The molecule has 22 heavy (non-hydrogen) atoms. The summed E-state index contributed by atoms with van der Waals surface area (Å²) in [4.78, 5) is 13.7. The van der Waals surface area contributed by atoms with E-state index >= 15 is 0 Å². The zero-order chi connectivity index (χ0) is 14.9. The van der Waals surface area contributed by atoms with Crippen LogP contribution < -0.4 is 9.80 Å². The molecule has 1 fully saturated rings. The number of benzene rings is 1. The third-order valence-electron chi connectivity index (χ3n) is 4.60. The lowest BCUT2D eigenvalue weighted by atomic mass is 10.00. The van der Waals surface area contributed by atoms with Gasteiger partial charge in [-0.2, -0.15) is 0 Å². The van der Waals surface area contributed by atoms with E-state index in [1.165, 1.54) is 28.4 Å². The van der Waals surface area contributed by atoms with Crippen molar-refractivity contribution < 1.29 is 0 Å². The van der Waals surface area contributed by atoms with Gasteiger partial charge in [0, 0.05) is 36.7 Å². The van der Waals surface area contributed by atoms with Crippen LogP contribution in [-0.4, -0.2) is 29.6 Å². The Morgan fingerprint density at radius 1 is 0.955 bits per heavy atom. The van der Waals surface area contributed by atoms with Crippen LogP contribution in [0.15, 0.2) is 35.1 Å². The fourth-order valence-electron chi connectivity index (χ4n) is 3.39. The number of anilines is 2. The van der Waals surface area contributed by atoms with Crippen LogP contribution in [0, 0.1) is 0 Å². The van der Waals surface area contributed by atoms with Crippen molar-refractivity contribution in [3.05, 3.63) is 46.2 Å². The first kappa shape index (κ1) is 14.0. The lowest BCUT2D eigenvalue weighted by molar-refractivity contribution is 0.716. The van der Waals surface area contributed by atoms with Gasteiger partial charge in [0.15, 0.2) is 0 Å². The maximum absolute atomic E-state index is 4.51. The van der Waals surface area contributed by atoms with E-state index in [2.05, 4.69) is 60.0 Å². The van der Waals surface area contributed by atoms with Crippen molar-refractivity contribution in [3.63, 3.8) is 0 Å². The molecule has 0 atom stereocenters. The molecule has 3 heterocycles. The summed E-state index contributed by atoms with van der Waals surface area (Å²) in [6, 6.07) is 8.61. The quantitative estimate of drug-likeness (QED) is 0.823. The van der Waals surface area contributed by atoms with E-state index in [0.29, 0.717) is 0 Å². The smallest absolute Gasteiger partial charge is 0.134 e. The number of hydrogen-bond donors (Lipinski definition) is 0. The van der Waals surface area contributed by atoms with Gasteiger partial charge < -0.3 is 9.80 Å². The van der Waals surface area contributed by atoms with Gasteiger partial charge in [-0.3, -0.25) is 0 Å². The van der Waals surface area contributed by atoms with Gasteiger partial charge in [0.25, 0.3) is 0 Å². The van der Waals surface area contributed by atoms with E-state index in [1.807, 2.05) is 0 Å². The van der Waals surface area contributed by atoms with Crippen molar-refractivity contribution in [2.45, 2.75) is 25.8 Å². The Morgan fingerprint density at radius 3 is 2.55 bits per heavy atom. The Morgan fingerprint density at radius 2 is 1.73 bits per heavy atom. The van der Waals surface area contributed by atoms with Crippen LogP contribution in [0.2, 0.25) is 0 Å². The molecule has 2 aliphatic rings. The van der Waals surface area contributed by atoms with Gasteiger partial charge in [0.1, 0.15) is 18.0 Å². The monoisotopic (exact) mass is 358 g/mol. The number of rotatable bonds is 2. The summed E-state index contributed by atoms with van der Waals surface area (Å²) in [6.07, 6.45) is 5.30. The second-order valence-corrected chi connectivity index (χ2v) is 6.83. The SMILES string of the molecule is Brc1cccc2c1CCN(c1cc(N3CCCC3)ncn1)C2. The summed E-state index contributed by atoms with van der Waals surface area (Å²) >= 11 is 3.66. The minimum atomic E-state index is 0.922. The molecule has 1 aromatic heterocycles. The molecule has 114 valence electrons. The molecular formula is C17H19BrN4. The molecule has 0 spiro atoms. The Hall–Kier alpha value is -1.62. The Balaban J connectivity index is 1.59. The third kappa shape index (κ3) is 2.58. The van der Waals surface area contributed by atoms with Crippen LogP contribution >= 0.6 is 15.9 Å². The van der Waals surface area contributed by atoms with E-state index in [-0.39, 0.29) is 0 Å². The minimum absolute atomic E-state index is 0.922. The first-order chi connectivity index (χ1) is 10.8. The number of hydrogen-bond acceptors (Lipinski definition) is 4. The van der Waals surface area contributed by atoms with Gasteiger partial charge in [-0.15, -0.1) is 0 Å². The molecule has 2 aromatic rings. The van der Waals surface area contributed by atoms with Gasteiger partial charge in [0.05, 0.1) is 0 Å². The van der Waals surface area contributed by atoms with Crippen molar-refractivity contribution in [1.29, 1.82) is 0 Å². The van der Waals surface area contributed by atoms with Gasteiger partial charge in [0.2, 0.25) is 0 Å². The molecule has 4 rings (SSSR count). The van der Waals surface area contributed by atoms with Crippen LogP contribution in [-0.2, 0) is 13.0 Å². The normalized spacial score (nSPS) is 17.7. The van der Waals surface area contributed by atoms with Crippen molar-refractivity contribution in [2.75, 3.05) is 29.4 Å². The molecule has 0 bridgehead atoms. The average Bonchev–Trinajstić information content (AvgIpc) is 3.09. The molecule has 0 aliphatic carbocycles. The summed E-state index contributed by atoms with van der Waals surface area (Å²) < 4.78 is 1.23. The van der Waals surface area contributed by atoms with E-state index in [1.54, 1.807) is 6.33 Å². The summed E-state index contributed by atoms with van der Waals surface area (Å²) in [6.45, 7) is 4.16. The van der Waals surface area contributed by atoms with E-state index in [9.17, 15) is 0 Å². The summed E-state index contributed by atoms with van der Waals surface area (Å²) in [5, 5.41) is 0. The number of halogens is 1. The molecule has 0 saturated carbocycles. The molecule has 5 heteroatoms. The fourth-order valence-corrected chi connectivity index (χ4v) is 3.99. The zero-order valence-corrected chi connectivity index (χ0v) is 14.1. The summed E-state index contributed by atoms with van der Waals surface area (Å²) in [5.74, 6) is 2.12. The molecule has 0 unspecified atom stereocenters. The topological polar surface area (TPSA) is 32.3 Å². The fraction of sp³-hybridized carbons (Fsp3) is 0.412. The van der Waals surface area contributed by atoms with Crippen molar-refractivity contribution in [3.8, 4) is 0 Å². The highest BCUT2D eigenvalue weighted by Gasteiger charge is 2.21. The van der Waals surface area contributed by atoms with Crippen LogP contribution in [0.1, 0.15) is 24.0 Å². The zero-order valence-electron chi connectivity index (χ0n) is 12.5. The molecule has 1 saturated heterocycles. The molecule has 0 amide bonds. The predicted molar refractivity (Wildman–Crippen MR) is 92.4 cm³/mol.